The van der Waals surface area contributed by atoms with Gasteiger partial charge in [-0.1, -0.05) is 6.92 Å². The van der Waals surface area contributed by atoms with Crippen molar-refractivity contribution in [3.8, 4) is 6.07 Å². The first kappa shape index (κ1) is 12.9. The number of rotatable bonds is 5. The molecular weight excluding hydrogens is 178 g/mol. The van der Waals surface area contributed by atoms with Crippen LogP contribution < -0.4 is 0 Å². The van der Waals surface area contributed by atoms with Crippen LogP contribution in [0, 0.1) is 11.3 Å². The van der Waals surface area contributed by atoms with Crippen molar-refractivity contribution in [1.29, 1.82) is 5.26 Å². The lowest BCUT2D eigenvalue weighted by atomic mass is 10.1. The van der Waals surface area contributed by atoms with Crippen LogP contribution in [0.15, 0.2) is 0 Å². The van der Waals surface area contributed by atoms with Gasteiger partial charge in [-0.05, 0) is 13.5 Å². The molecule has 0 radical (unpaired) electrons. The van der Waals surface area contributed by atoms with E-state index in [9.17, 15) is 4.79 Å². The largest absolute Gasteiger partial charge is 0.348 e. The molecule has 0 heterocycles. The lowest BCUT2D eigenvalue weighted by Gasteiger charge is -2.25. The molecule has 1 atom stereocenters. The maximum atomic E-state index is 11.4. The molecule has 4 nitrogen and oxygen atoms in total. The third kappa shape index (κ3) is 4.24. The Morgan fingerprint density at radius 3 is 2.36 bits per heavy atom. The van der Waals surface area contributed by atoms with E-state index in [1.165, 1.54) is 0 Å². The van der Waals surface area contributed by atoms with Gasteiger partial charge in [0.1, 0.15) is 0 Å². The first-order valence-electron chi connectivity index (χ1n) is 4.80. The molecule has 1 unspecified atom stereocenters. The monoisotopic (exact) mass is 197 g/mol. The van der Waals surface area contributed by atoms with E-state index in [0.717, 1.165) is 6.42 Å². The fourth-order valence-corrected chi connectivity index (χ4v) is 1.20. The van der Waals surface area contributed by atoms with Gasteiger partial charge in [0.25, 0.3) is 0 Å². The first-order chi connectivity index (χ1) is 6.52. The van der Waals surface area contributed by atoms with E-state index in [2.05, 4.69) is 6.07 Å². The van der Waals surface area contributed by atoms with Crippen LogP contribution >= 0.6 is 0 Å². The van der Waals surface area contributed by atoms with Crippen molar-refractivity contribution in [2.45, 2.75) is 25.8 Å². The Kier molecular flexibility index (Phi) is 5.89. The Bertz CT molecular complexity index is 220. The minimum atomic E-state index is 0.0730. The average Bonchev–Trinajstić information content (AvgIpc) is 2.13. The van der Waals surface area contributed by atoms with Gasteiger partial charge in [-0.25, -0.2) is 0 Å². The molecule has 0 fully saturated rings. The van der Waals surface area contributed by atoms with Crippen molar-refractivity contribution in [2.75, 3.05) is 27.7 Å². The van der Waals surface area contributed by atoms with Gasteiger partial charge in [0.05, 0.1) is 19.0 Å². The number of hydrogen-bond acceptors (Lipinski definition) is 3. The molecule has 0 saturated heterocycles. The van der Waals surface area contributed by atoms with Gasteiger partial charge in [0.2, 0.25) is 5.91 Å². The molecule has 80 valence electrons. The minimum Gasteiger partial charge on any atom is -0.348 e. The van der Waals surface area contributed by atoms with Gasteiger partial charge in [0, 0.05) is 20.1 Å². The Morgan fingerprint density at radius 1 is 1.43 bits per heavy atom. The Balaban J connectivity index is 4.11. The third-order valence-corrected chi connectivity index (χ3v) is 2.30. The third-order valence-electron chi connectivity index (χ3n) is 2.30. The zero-order valence-electron chi connectivity index (χ0n) is 9.45. The number of carbonyl (C=O) groups excluding carboxylic acids is 1. The normalized spacial score (nSPS) is 12.3. The van der Waals surface area contributed by atoms with Crippen LogP contribution in [0.1, 0.15) is 19.8 Å². The van der Waals surface area contributed by atoms with Gasteiger partial charge in [-0.15, -0.1) is 0 Å². The number of hydrogen-bond donors (Lipinski definition) is 0. The molecule has 1 amide bonds. The molecule has 0 aliphatic rings. The maximum absolute atomic E-state index is 11.4. The fraction of sp³-hybridized carbons (Fsp3) is 0.800. The smallest absolute Gasteiger partial charge is 0.236 e. The van der Waals surface area contributed by atoms with E-state index >= 15 is 0 Å². The van der Waals surface area contributed by atoms with Crippen LogP contribution in [0.25, 0.3) is 0 Å². The van der Waals surface area contributed by atoms with E-state index in [-0.39, 0.29) is 11.9 Å². The Labute approximate surface area is 86.1 Å². The number of likely N-dealkylation sites (N-methyl/N-ethyl adjacent to an activating group) is 2. The second-order valence-electron chi connectivity index (χ2n) is 3.63. The minimum absolute atomic E-state index is 0.0730. The molecule has 0 aliphatic carbocycles. The highest BCUT2D eigenvalue weighted by Crippen LogP contribution is 2.05. The molecule has 0 aromatic carbocycles. The Hall–Kier alpha value is -1.08. The zero-order chi connectivity index (χ0) is 11.1. The van der Waals surface area contributed by atoms with E-state index in [0.29, 0.717) is 13.0 Å². The highest BCUT2D eigenvalue weighted by atomic mass is 16.2. The molecule has 0 saturated carbocycles. The quantitative estimate of drug-likeness (QED) is 0.651. The summed E-state index contributed by atoms with van der Waals surface area (Å²) in [4.78, 5) is 14.9. The average molecular weight is 197 g/mol. The number of carbonyl (C=O) groups is 1. The van der Waals surface area contributed by atoms with Crippen LogP contribution in [-0.2, 0) is 4.79 Å². The summed E-state index contributed by atoms with van der Waals surface area (Å²) in [6, 6.07) is 2.32. The highest BCUT2D eigenvalue weighted by molar-refractivity contribution is 5.77. The van der Waals surface area contributed by atoms with Crippen molar-refractivity contribution < 1.29 is 4.79 Å². The predicted octanol–water partition coefficient (Wildman–Crippen LogP) is 0.699. The summed E-state index contributed by atoms with van der Waals surface area (Å²) in [5.74, 6) is 0.0730. The van der Waals surface area contributed by atoms with E-state index in [1.807, 2.05) is 18.9 Å². The van der Waals surface area contributed by atoms with Gasteiger partial charge in [-0.2, -0.15) is 5.26 Å². The molecule has 14 heavy (non-hydrogen) atoms. The van der Waals surface area contributed by atoms with Crippen LogP contribution in [-0.4, -0.2) is 49.4 Å². The molecule has 0 aliphatic heterocycles. The molecule has 0 aromatic rings. The molecule has 0 rings (SSSR count). The topological polar surface area (TPSA) is 47.3 Å². The molecule has 0 N–H and O–H groups in total. The van der Waals surface area contributed by atoms with E-state index in [4.69, 9.17) is 5.26 Å². The molecule has 0 bridgehead atoms. The van der Waals surface area contributed by atoms with E-state index in [1.54, 1.807) is 19.0 Å². The summed E-state index contributed by atoms with van der Waals surface area (Å²) in [7, 11) is 5.36. The standard InChI is InChI=1S/C10H19N3O/c1-5-9(6-7-11)13(4)8-10(14)12(2)3/h9H,5-6,8H2,1-4H3. The fourth-order valence-electron chi connectivity index (χ4n) is 1.20. The lowest BCUT2D eigenvalue weighted by molar-refractivity contribution is -0.130. The summed E-state index contributed by atoms with van der Waals surface area (Å²) < 4.78 is 0. The second-order valence-corrected chi connectivity index (χ2v) is 3.63. The van der Waals surface area contributed by atoms with Crippen molar-refractivity contribution in [3.05, 3.63) is 0 Å². The van der Waals surface area contributed by atoms with Crippen LogP contribution in [0.4, 0.5) is 0 Å². The van der Waals surface area contributed by atoms with Crippen LogP contribution in [0.5, 0.6) is 0 Å². The zero-order valence-corrected chi connectivity index (χ0v) is 9.45. The number of amides is 1. The van der Waals surface area contributed by atoms with E-state index < -0.39 is 0 Å². The molecule has 0 aromatic heterocycles. The van der Waals surface area contributed by atoms with Crippen molar-refractivity contribution in [1.82, 2.24) is 9.80 Å². The number of nitrogens with zero attached hydrogens (tertiary/aromatic N) is 3. The molecule has 0 spiro atoms. The summed E-state index contributed by atoms with van der Waals surface area (Å²) in [5, 5.41) is 8.59. The molecular formula is C10H19N3O. The number of nitriles is 1. The molecule has 4 heteroatoms. The van der Waals surface area contributed by atoms with Crippen molar-refractivity contribution in [3.63, 3.8) is 0 Å². The predicted molar refractivity (Wildman–Crippen MR) is 55.6 cm³/mol. The highest BCUT2D eigenvalue weighted by Gasteiger charge is 2.15. The summed E-state index contributed by atoms with van der Waals surface area (Å²) in [5.41, 5.74) is 0. The van der Waals surface area contributed by atoms with Crippen LogP contribution in [0.3, 0.4) is 0 Å². The van der Waals surface area contributed by atoms with Crippen LogP contribution in [0.2, 0.25) is 0 Å². The summed E-state index contributed by atoms with van der Waals surface area (Å²) >= 11 is 0. The summed E-state index contributed by atoms with van der Waals surface area (Å²) in [6.45, 7) is 2.41. The maximum Gasteiger partial charge on any atom is 0.236 e. The lowest BCUT2D eigenvalue weighted by Crippen LogP contribution is -2.39. The second kappa shape index (κ2) is 6.39. The SMILES string of the molecule is CCC(CC#N)N(C)CC(=O)N(C)C. The van der Waals surface area contributed by atoms with Gasteiger partial charge in [-0.3, -0.25) is 9.69 Å². The van der Waals surface area contributed by atoms with Crippen molar-refractivity contribution in [2.24, 2.45) is 0 Å². The van der Waals surface area contributed by atoms with Crippen molar-refractivity contribution >= 4 is 5.91 Å². The van der Waals surface area contributed by atoms with Gasteiger partial charge in [0.15, 0.2) is 0 Å². The van der Waals surface area contributed by atoms with Gasteiger partial charge >= 0.3 is 0 Å². The first-order valence-corrected chi connectivity index (χ1v) is 4.80. The van der Waals surface area contributed by atoms with Gasteiger partial charge < -0.3 is 4.90 Å². The summed E-state index contributed by atoms with van der Waals surface area (Å²) in [6.07, 6.45) is 1.37. The Morgan fingerprint density at radius 2 is 2.00 bits per heavy atom.